The molecule has 2 aliphatic rings. The van der Waals surface area contributed by atoms with Gasteiger partial charge in [0.1, 0.15) is 0 Å². The summed E-state index contributed by atoms with van der Waals surface area (Å²) in [7, 11) is 0. The average Bonchev–Trinajstić information content (AvgIpc) is 3.16. The lowest BCUT2D eigenvalue weighted by atomic mass is 9.76. The number of carbonyl (C=O) groups excluding carboxylic acids is 1. The van der Waals surface area contributed by atoms with Crippen LogP contribution in [0.3, 0.4) is 0 Å². The Kier molecular flexibility index (Phi) is 4.33. The Hall–Kier alpha value is -2.88. The summed E-state index contributed by atoms with van der Waals surface area (Å²) in [5.41, 5.74) is 8.20. The maximum Gasteiger partial charge on any atom is 0.236 e. The predicted molar refractivity (Wildman–Crippen MR) is 105 cm³/mol. The van der Waals surface area contributed by atoms with Gasteiger partial charge in [-0.25, -0.2) is 5.43 Å². The van der Waals surface area contributed by atoms with Gasteiger partial charge in [0.05, 0.1) is 11.8 Å². The van der Waals surface area contributed by atoms with Crippen LogP contribution in [0.15, 0.2) is 65.8 Å². The molecule has 0 radical (unpaired) electrons. The molecule has 0 unspecified atom stereocenters. The van der Waals surface area contributed by atoms with E-state index in [2.05, 4.69) is 76.5 Å². The Morgan fingerprint density at radius 2 is 1.96 bits per heavy atom. The molecule has 1 aliphatic heterocycles. The van der Waals surface area contributed by atoms with Gasteiger partial charge < -0.3 is 5.32 Å². The topological polar surface area (TPSA) is 53.5 Å². The summed E-state index contributed by atoms with van der Waals surface area (Å²) in [6.07, 6.45) is 5.72. The summed E-state index contributed by atoms with van der Waals surface area (Å²) in [6, 6.07) is 17.4. The minimum atomic E-state index is -0.159. The Morgan fingerprint density at radius 1 is 1.15 bits per heavy atom. The Morgan fingerprint density at radius 3 is 2.73 bits per heavy atom. The molecule has 4 rings (SSSR count). The fourth-order valence-electron chi connectivity index (χ4n) is 4.04. The summed E-state index contributed by atoms with van der Waals surface area (Å²) in [5, 5.41) is 7.92. The number of nitrogens with zero attached hydrogens (tertiary/aromatic N) is 1. The van der Waals surface area contributed by atoms with E-state index in [1.54, 1.807) is 0 Å². The summed E-state index contributed by atoms with van der Waals surface area (Å²) < 4.78 is 0. The van der Waals surface area contributed by atoms with E-state index in [0.29, 0.717) is 17.9 Å². The van der Waals surface area contributed by atoms with E-state index in [9.17, 15) is 4.79 Å². The molecular formula is C22H23N3O. The molecule has 0 saturated carbocycles. The second-order valence-corrected chi connectivity index (χ2v) is 7.05. The highest BCUT2D eigenvalue weighted by Crippen LogP contribution is 2.49. The van der Waals surface area contributed by atoms with Gasteiger partial charge in [-0.15, -0.1) is 0 Å². The van der Waals surface area contributed by atoms with Gasteiger partial charge in [0, 0.05) is 18.5 Å². The molecule has 0 bridgehead atoms. The number of hydrogen-bond acceptors (Lipinski definition) is 3. The van der Waals surface area contributed by atoms with Gasteiger partial charge in [0.25, 0.3) is 0 Å². The van der Waals surface area contributed by atoms with Crippen LogP contribution in [0.25, 0.3) is 0 Å². The minimum absolute atomic E-state index is 0.159. The monoisotopic (exact) mass is 345 g/mol. The first kappa shape index (κ1) is 16.6. The van der Waals surface area contributed by atoms with Crippen LogP contribution < -0.4 is 10.7 Å². The highest BCUT2D eigenvalue weighted by molar-refractivity contribution is 5.99. The zero-order valence-electron chi connectivity index (χ0n) is 15.1. The number of nitrogens with one attached hydrogen (secondary N) is 2. The molecule has 3 atom stereocenters. The molecule has 4 nitrogen and oxygen atoms in total. The third-order valence-corrected chi connectivity index (χ3v) is 5.32. The molecule has 2 aromatic carbocycles. The van der Waals surface area contributed by atoms with Crippen LogP contribution in [0.1, 0.15) is 48.9 Å². The van der Waals surface area contributed by atoms with Crippen molar-refractivity contribution in [3.63, 3.8) is 0 Å². The van der Waals surface area contributed by atoms with Crippen molar-refractivity contribution >= 4 is 17.3 Å². The van der Waals surface area contributed by atoms with Gasteiger partial charge in [-0.1, -0.05) is 48.6 Å². The second kappa shape index (κ2) is 6.79. The maximum absolute atomic E-state index is 11.1. The Labute approximate surface area is 154 Å². The first-order valence-electron chi connectivity index (χ1n) is 9.07. The third kappa shape index (κ3) is 3.03. The summed E-state index contributed by atoms with van der Waals surface area (Å²) in [4.78, 5) is 11.1. The van der Waals surface area contributed by atoms with Crippen LogP contribution in [0.4, 0.5) is 5.69 Å². The van der Waals surface area contributed by atoms with Gasteiger partial charge in [-0.05, 0) is 48.1 Å². The molecule has 4 heteroatoms. The fraction of sp³-hybridized carbons (Fsp3) is 0.273. The molecule has 0 aromatic heterocycles. The van der Waals surface area contributed by atoms with E-state index in [4.69, 9.17) is 0 Å². The normalized spacial score (nSPS) is 23.8. The maximum atomic E-state index is 11.1. The fourth-order valence-corrected chi connectivity index (χ4v) is 4.04. The zero-order chi connectivity index (χ0) is 18.1. The number of hydrazone groups is 1. The predicted octanol–water partition coefficient (Wildman–Crippen LogP) is 4.37. The van der Waals surface area contributed by atoms with Crippen molar-refractivity contribution < 1.29 is 4.79 Å². The molecule has 0 spiro atoms. The van der Waals surface area contributed by atoms with Crippen molar-refractivity contribution in [2.24, 2.45) is 11.0 Å². The number of rotatable bonds is 3. The molecular weight excluding hydrogens is 322 g/mol. The molecule has 1 heterocycles. The SMILES string of the molecule is CC(=O)N/N=C(/C)c1ccc2c(c1)[C@@H]1C=CC[C@@H]1[C@H](c1ccccc1)N2. The highest BCUT2D eigenvalue weighted by Gasteiger charge is 2.37. The van der Waals surface area contributed by atoms with E-state index in [-0.39, 0.29) is 5.91 Å². The summed E-state index contributed by atoms with van der Waals surface area (Å²) >= 11 is 0. The van der Waals surface area contributed by atoms with Crippen LogP contribution in [0, 0.1) is 5.92 Å². The average molecular weight is 345 g/mol. The van der Waals surface area contributed by atoms with Crippen LogP contribution in [0.5, 0.6) is 0 Å². The second-order valence-electron chi connectivity index (χ2n) is 7.05. The molecule has 2 N–H and O–H groups in total. The van der Waals surface area contributed by atoms with Gasteiger partial charge in [0.15, 0.2) is 0 Å². The molecule has 0 fully saturated rings. The van der Waals surface area contributed by atoms with E-state index >= 15 is 0 Å². The smallest absolute Gasteiger partial charge is 0.236 e. The minimum Gasteiger partial charge on any atom is -0.378 e. The standard InChI is InChI=1S/C22H23N3O/c1-14(24-25-15(2)26)17-11-12-21-20(13-17)18-9-6-10-19(18)22(23-21)16-7-4-3-5-8-16/h3-9,11-13,18-19,22-23H,10H2,1-2H3,(H,25,26)/b24-14-/t18-,19+,22+/m1/s1. The van der Waals surface area contributed by atoms with E-state index in [1.165, 1.54) is 23.7 Å². The molecule has 132 valence electrons. The molecule has 26 heavy (non-hydrogen) atoms. The van der Waals surface area contributed by atoms with E-state index in [1.807, 2.05) is 6.92 Å². The van der Waals surface area contributed by atoms with Crippen LogP contribution in [0.2, 0.25) is 0 Å². The van der Waals surface area contributed by atoms with Crippen LogP contribution >= 0.6 is 0 Å². The zero-order valence-corrected chi connectivity index (χ0v) is 15.1. The molecule has 2 aromatic rings. The Balaban J connectivity index is 1.69. The van der Waals surface area contributed by atoms with Crippen molar-refractivity contribution in [1.29, 1.82) is 0 Å². The number of fused-ring (bicyclic) bond motifs is 3. The third-order valence-electron chi connectivity index (χ3n) is 5.32. The number of benzene rings is 2. The molecule has 0 saturated heterocycles. The van der Waals surface area contributed by atoms with Crippen molar-refractivity contribution in [2.45, 2.75) is 32.2 Å². The van der Waals surface area contributed by atoms with Crippen molar-refractivity contribution in [2.75, 3.05) is 5.32 Å². The molecule has 1 aliphatic carbocycles. The summed E-state index contributed by atoms with van der Waals surface area (Å²) in [6.45, 7) is 3.38. The summed E-state index contributed by atoms with van der Waals surface area (Å²) in [5.74, 6) is 0.770. The quantitative estimate of drug-likeness (QED) is 0.493. The number of allylic oxidation sites excluding steroid dienone is 2. The van der Waals surface area contributed by atoms with Gasteiger partial charge in [-0.2, -0.15) is 5.10 Å². The number of hydrogen-bond donors (Lipinski definition) is 2. The Bertz CT molecular complexity index is 886. The van der Waals surface area contributed by atoms with Crippen LogP contribution in [-0.2, 0) is 4.79 Å². The lowest BCUT2D eigenvalue weighted by Gasteiger charge is -2.37. The number of amides is 1. The first-order chi connectivity index (χ1) is 12.6. The van der Waals surface area contributed by atoms with Crippen molar-refractivity contribution in [3.8, 4) is 0 Å². The van der Waals surface area contributed by atoms with Crippen molar-refractivity contribution in [3.05, 3.63) is 77.4 Å². The lowest BCUT2D eigenvalue weighted by Crippen LogP contribution is -2.29. The van der Waals surface area contributed by atoms with Crippen molar-refractivity contribution in [1.82, 2.24) is 5.43 Å². The number of anilines is 1. The highest BCUT2D eigenvalue weighted by atomic mass is 16.2. The number of carbonyl (C=O) groups is 1. The molecule has 1 amide bonds. The van der Waals surface area contributed by atoms with Gasteiger partial charge in [-0.3, -0.25) is 4.79 Å². The lowest BCUT2D eigenvalue weighted by molar-refractivity contribution is -0.118. The largest absolute Gasteiger partial charge is 0.378 e. The first-order valence-corrected chi connectivity index (χ1v) is 9.07. The van der Waals surface area contributed by atoms with E-state index in [0.717, 1.165) is 17.7 Å². The van der Waals surface area contributed by atoms with E-state index < -0.39 is 0 Å². The van der Waals surface area contributed by atoms with Gasteiger partial charge >= 0.3 is 0 Å². The van der Waals surface area contributed by atoms with Gasteiger partial charge in [0.2, 0.25) is 5.91 Å². The van der Waals surface area contributed by atoms with Crippen LogP contribution in [-0.4, -0.2) is 11.6 Å².